The van der Waals surface area contributed by atoms with Crippen LogP contribution in [-0.4, -0.2) is 15.5 Å². The molecule has 0 atom stereocenters. The van der Waals surface area contributed by atoms with Crippen molar-refractivity contribution in [2.75, 3.05) is 5.32 Å². The maximum Gasteiger partial charge on any atom is 0.267 e. The number of amides is 1. The molecule has 0 bridgehead atoms. The van der Waals surface area contributed by atoms with Gasteiger partial charge in [-0.1, -0.05) is 48.5 Å². The maximum absolute atomic E-state index is 13.0. The van der Waals surface area contributed by atoms with Crippen LogP contribution in [0.15, 0.2) is 89.7 Å². The van der Waals surface area contributed by atoms with E-state index in [0.717, 1.165) is 0 Å². The number of fused-ring (bicyclic) bond motifs is 1. The Morgan fingerprint density at radius 2 is 1.42 bits per heavy atom. The first-order chi connectivity index (χ1) is 12.7. The number of aromatic nitrogens is 2. The van der Waals surface area contributed by atoms with Gasteiger partial charge in [0.25, 0.3) is 11.5 Å². The Hall–Kier alpha value is -3.73. The lowest BCUT2D eigenvalue weighted by atomic mass is 10.2. The van der Waals surface area contributed by atoms with Gasteiger partial charge in [0.05, 0.1) is 16.6 Å². The van der Waals surface area contributed by atoms with Gasteiger partial charge in [-0.15, -0.1) is 0 Å². The zero-order valence-corrected chi connectivity index (χ0v) is 13.8. The van der Waals surface area contributed by atoms with Gasteiger partial charge < -0.3 is 0 Å². The molecule has 0 fully saturated rings. The fraction of sp³-hybridized carbons (Fsp3) is 0. The van der Waals surface area contributed by atoms with Crippen molar-refractivity contribution in [1.82, 2.24) is 9.55 Å². The molecular formula is C21H15N3O2. The van der Waals surface area contributed by atoms with Crippen LogP contribution in [0.4, 0.5) is 5.95 Å². The Labute approximate surface area is 149 Å². The highest BCUT2D eigenvalue weighted by Crippen LogP contribution is 2.16. The largest absolute Gasteiger partial charge is 0.291 e. The third kappa shape index (κ3) is 2.86. The molecule has 0 unspecified atom stereocenters. The summed E-state index contributed by atoms with van der Waals surface area (Å²) >= 11 is 0. The summed E-state index contributed by atoms with van der Waals surface area (Å²) in [5.41, 5.74) is 1.44. The second kappa shape index (κ2) is 6.64. The zero-order valence-electron chi connectivity index (χ0n) is 13.8. The molecular weight excluding hydrogens is 326 g/mol. The van der Waals surface area contributed by atoms with Crippen LogP contribution in [0.2, 0.25) is 0 Å². The molecule has 4 rings (SSSR count). The Bertz CT molecular complexity index is 1140. The first-order valence-electron chi connectivity index (χ1n) is 8.17. The molecule has 0 aliphatic rings. The van der Waals surface area contributed by atoms with Crippen LogP contribution in [0, 0.1) is 0 Å². The summed E-state index contributed by atoms with van der Waals surface area (Å²) < 4.78 is 1.42. The Morgan fingerprint density at radius 3 is 2.15 bits per heavy atom. The van der Waals surface area contributed by atoms with Crippen LogP contribution in [0.1, 0.15) is 10.4 Å². The van der Waals surface area contributed by atoms with E-state index in [-0.39, 0.29) is 17.4 Å². The lowest BCUT2D eigenvalue weighted by Gasteiger charge is -2.14. The van der Waals surface area contributed by atoms with Gasteiger partial charge in [-0.3, -0.25) is 14.9 Å². The minimum absolute atomic E-state index is 0.189. The first-order valence-corrected chi connectivity index (χ1v) is 8.17. The smallest absolute Gasteiger partial charge is 0.267 e. The van der Waals surface area contributed by atoms with Crippen molar-refractivity contribution in [3.05, 3.63) is 101 Å². The number of benzene rings is 3. The van der Waals surface area contributed by atoms with E-state index in [1.165, 1.54) is 4.57 Å². The number of hydrogen-bond acceptors (Lipinski definition) is 3. The molecule has 1 N–H and O–H groups in total. The van der Waals surface area contributed by atoms with E-state index in [2.05, 4.69) is 10.3 Å². The Morgan fingerprint density at radius 1 is 0.808 bits per heavy atom. The van der Waals surface area contributed by atoms with Gasteiger partial charge in [-0.05, 0) is 36.4 Å². The molecule has 0 radical (unpaired) electrons. The molecule has 0 saturated heterocycles. The quantitative estimate of drug-likeness (QED) is 0.619. The highest BCUT2D eigenvalue weighted by molar-refractivity contribution is 6.03. The number of hydrogen-bond donors (Lipinski definition) is 1. The van der Waals surface area contributed by atoms with Gasteiger partial charge in [0, 0.05) is 5.56 Å². The first kappa shape index (κ1) is 15.8. The summed E-state index contributed by atoms with van der Waals surface area (Å²) in [5, 5.41) is 3.27. The van der Waals surface area contributed by atoms with E-state index in [0.29, 0.717) is 22.2 Å². The van der Waals surface area contributed by atoms with E-state index in [1.54, 1.807) is 54.6 Å². The van der Waals surface area contributed by atoms with Gasteiger partial charge in [0.15, 0.2) is 0 Å². The Balaban J connectivity index is 1.90. The molecule has 4 aromatic rings. The minimum Gasteiger partial charge on any atom is -0.291 e. The van der Waals surface area contributed by atoms with Gasteiger partial charge in [-0.2, -0.15) is 0 Å². The highest BCUT2D eigenvalue weighted by atomic mass is 16.2. The number of para-hydroxylation sites is 2. The highest BCUT2D eigenvalue weighted by Gasteiger charge is 2.15. The van der Waals surface area contributed by atoms with Crippen LogP contribution in [-0.2, 0) is 0 Å². The summed E-state index contributed by atoms with van der Waals surface area (Å²) in [5.74, 6) is -0.133. The summed E-state index contributed by atoms with van der Waals surface area (Å²) in [6.45, 7) is 0. The molecule has 0 spiro atoms. The standard InChI is InChI=1S/C21H15N3O2/c25-19(15-9-3-1-4-10-15)23-21-22-18-14-8-7-13-17(18)20(26)24(21)16-11-5-2-6-12-16/h1-14H,(H,22,23,25). The fourth-order valence-electron chi connectivity index (χ4n) is 2.80. The van der Waals surface area contributed by atoms with Crippen LogP contribution >= 0.6 is 0 Å². The summed E-state index contributed by atoms with van der Waals surface area (Å²) in [6, 6.07) is 25.1. The molecule has 126 valence electrons. The van der Waals surface area contributed by atoms with Gasteiger partial charge in [-0.25, -0.2) is 9.55 Å². The van der Waals surface area contributed by atoms with E-state index < -0.39 is 0 Å². The molecule has 26 heavy (non-hydrogen) atoms. The maximum atomic E-state index is 13.0. The zero-order chi connectivity index (χ0) is 17.9. The van der Waals surface area contributed by atoms with Crippen molar-refractivity contribution in [2.45, 2.75) is 0 Å². The second-order valence-corrected chi connectivity index (χ2v) is 5.75. The average Bonchev–Trinajstić information content (AvgIpc) is 2.69. The van der Waals surface area contributed by atoms with E-state index in [9.17, 15) is 9.59 Å². The third-order valence-corrected chi connectivity index (χ3v) is 4.05. The topological polar surface area (TPSA) is 64.0 Å². The summed E-state index contributed by atoms with van der Waals surface area (Å²) in [6.07, 6.45) is 0. The van der Waals surface area contributed by atoms with Crippen LogP contribution in [0.5, 0.6) is 0 Å². The molecule has 0 aliphatic carbocycles. The molecule has 3 aromatic carbocycles. The van der Waals surface area contributed by atoms with E-state index >= 15 is 0 Å². The predicted molar refractivity (Wildman–Crippen MR) is 102 cm³/mol. The fourth-order valence-corrected chi connectivity index (χ4v) is 2.80. The lowest BCUT2D eigenvalue weighted by Crippen LogP contribution is -2.26. The van der Waals surface area contributed by atoms with Crippen molar-refractivity contribution in [3.8, 4) is 5.69 Å². The molecule has 5 nitrogen and oxygen atoms in total. The van der Waals surface area contributed by atoms with Crippen LogP contribution in [0.25, 0.3) is 16.6 Å². The van der Waals surface area contributed by atoms with E-state index in [4.69, 9.17) is 0 Å². The molecule has 1 aromatic heterocycles. The normalized spacial score (nSPS) is 10.6. The van der Waals surface area contributed by atoms with Crippen molar-refractivity contribution in [2.24, 2.45) is 0 Å². The monoisotopic (exact) mass is 341 g/mol. The minimum atomic E-state index is -0.322. The van der Waals surface area contributed by atoms with E-state index in [1.807, 2.05) is 30.3 Å². The number of anilines is 1. The lowest BCUT2D eigenvalue weighted by molar-refractivity contribution is 0.102. The molecule has 1 amide bonds. The number of nitrogens with one attached hydrogen (secondary N) is 1. The SMILES string of the molecule is O=C(Nc1nc2ccccc2c(=O)n1-c1ccccc1)c1ccccc1. The summed E-state index contributed by atoms with van der Waals surface area (Å²) in [7, 11) is 0. The van der Waals surface area contributed by atoms with Gasteiger partial charge in [0.2, 0.25) is 5.95 Å². The molecule has 5 heteroatoms. The Kier molecular flexibility index (Phi) is 4.03. The van der Waals surface area contributed by atoms with Crippen LogP contribution < -0.4 is 10.9 Å². The van der Waals surface area contributed by atoms with Gasteiger partial charge >= 0.3 is 0 Å². The van der Waals surface area contributed by atoms with Crippen molar-refractivity contribution >= 4 is 22.8 Å². The van der Waals surface area contributed by atoms with Crippen molar-refractivity contribution in [1.29, 1.82) is 0 Å². The van der Waals surface area contributed by atoms with Crippen LogP contribution in [0.3, 0.4) is 0 Å². The number of carbonyl (C=O) groups is 1. The third-order valence-electron chi connectivity index (χ3n) is 4.05. The number of rotatable bonds is 3. The molecule has 0 aliphatic heterocycles. The molecule has 0 saturated carbocycles. The van der Waals surface area contributed by atoms with Crippen molar-refractivity contribution in [3.63, 3.8) is 0 Å². The van der Waals surface area contributed by atoms with Gasteiger partial charge in [0.1, 0.15) is 0 Å². The van der Waals surface area contributed by atoms with Crippen molar-refractivity contribution < 1.29 is 4.79 Å². The predicted octanol–water partition coefficient (Wildman–Crippen LogP) is 3.64. The average molecular weight is 341 g/mol. The summed E-state index contributed by atoms with van der Waals surface area (Å²) in [4.78, 5) is 30.1. The number of carbonyl (C=O) groups excluding carboxylic acids is 1. The number of nitrogens with zero attached hydrogens (tertiary/aromatic N) is 2. The molecule has 1 heterocycles. The second-order valence-electron chi connectivity index (χ2n) is 5.75.